The van der Waals surface area contributed by atoms with Gasteiger partial charge in [-0.1, -0.05) is 12.1 Å². The molecule has 2 heterocycles. The predicted octanol–water partition coefficient (Wildman–Crippen LogP) is 1.56. The highest BCUT2D eigenvalue weighted by atomic mass is 15.3. The van der Waals surface area contributed by atoms with Gasteiger partial charge in [0, 0.05) is 24.3 Å². The summed E-state index contributed by atoms with van der Waals surface area (Å²) in [5.74, 6) is 0.869. The number of para-hydroxylation sites is 1. The molecule has 0 unspecified atom stereocenters. The second-order valence-corrected chi connectivity index (χ2v) is 4.31. The van der Waals surface area contributed by atoms with Crippen LogP contribution in [0.2, 0.25) is 0 Å². The molecule has 96 valence electrons. The van der Waals surface area contributed by atoms with Crippen molar-refractivity contribution in [3.63, 3.8) is 0 Å². The van der Waals surface area contributed by atoms with E-state index in [1.807, 2.05) is 35.9 Å². The van der Waals surface area contributed by atoms with Gasteiger partial charge in [0.15, 0.2) is 5.82 Å². The fraction of sp³-hybridized carbons (Fsp3) is 0.154. The van der Waals surface area contributed by atoms with Crippen LogP contribution < -0.4 is 11.1 Å². The van der Waals surface area contributed by atoms with Crippen molar-refractivity contribution in [2.75, 3.05) is 11.1 Å². The number of nitrogen functional groups attached to an aromatic ring is 1. The van der Waals surface area contributed by atoms with Crippen LogP contribution in [-0.4, -0.2) is 19.7 Å². The molecule has 0 spiro atoms. The molecule has 0 aliphatic rings. The van der Waals surface area contributed by atoms with Gasteiger partial charge in [0.25, 0.3) is 0 Å². The Morgan fingerprint density at radius 2 is 2.21 bits per heavy atom. The summed E-state index contributed by atoms with van der Waals surface area (Å²) in [4.78, 5) is 4.31. The maximum Gasteiger partial charge on any atom is 0.151 e. The number of hydrogen-bond donors (Lipinski definition) is 2. The first kappa shape index (κ1) is 11.5. The van der Waals surface area contributed by atoms with E-state index in [2.05, 4.69) is 20.5 Å². The van der Waals surface area contributed by atoms with Crippen LogP contribution in [0.5, 0.6) is 0 Å². The molecular weight excluding hydrogens is 240 g/mol. The second-order valence-electron chi connectivity index (χ2n) is 4.31. The fourth-order valence-corrected chi connectivity index (χ4v) is 1.99. The lowest BCUT2D eigenvalue weighted by Crippen LogP contribution is -2.06. The maximum atomic E-state index is 5.92. The van der Waals surface area contributed by atoms with Gasteiger partial charge in [-0.05, 0) is 12.1 Å². The van der Waals surface area contributed by atoms with E-state index in [0.29, 0.717) is 12.2 Å². The van der Waals surface area contributed by atoms with Crippen LogP contribution in [0, 0.1) is 0 Å². The molecule has 6 nitrogen and oxygen atoms in total. The van der Waals surface area contributed by atoms with E-state index in [9.17, 15) is 0 Å². The van der Waals surface area contributed by atoms with Gasteiger partial charge in [-0.25, -0.2) is 0 Å². The van der Waals surface area contributed by atoms with Gasteiger partial charge < -0.3 is 15.6 Å². The Bertz CT molecular complexity index is 718. The van der Waals surface area contributed by atoms with E-state index in [-0.39, 0.29) is 0 Å². The molecular formula is C13H14N6. The van der Waals surface area contributed by atoms with Crippen molar-refractivity contribution in [2.45, 2.75) is 6.54 Å². The zero-order chi connectivity index (χ0) is 13.2. The summed E-state index contributed by atoms with van der Waals surface area (Å²) in [7, 11) is 1.92. The lowest BCUT2D eigenvalue weighted by molar-refractivity contribution is 0.812. The topological polar surface area (TPSA) is 81.7 Å². The molecule has 2 aromatic heterocycles. The molecule has 0 fully saturated rings. The summed E-state index contributed by atoms with van der Waals surface area (Å²) >= 11 is 0. The Hall–Kier alpha value is -2.63. The van der Waals surface area contributed by atoms with E-state index in [1.54, 1.807) is 12.5 Å². The first-order valence-electron chi connectivity index (χ1n) is 5.95. The van der Waals surface area contributed by atoms with E-state index in [0.717, 1.165) is 22.4 Å². The van der Waals surface area contributed by atoms with Gasteiger partial charge in [-0.2, -0.15) is 0 Å². The Labute approximate surface area is 110 Å². The fourth-order valence-electron chi connectivity index (χ4n) is 1.99. The van der Waals surface area contributed by atoms with E-state index < -0.39 is 0 Å². The predicted molar refractivity (Wildman–Crippen MR) is 74.5 cm³/mol. The number of aromatic nitrogens is 4. The maximum absolute atomic E-state index is 5.92. The SMILES string of the molecule is Cn1cnnc1CNc1ccnc2c(N)cccc12. The first-order chi connectivity index (χ1) is 9.25. The third-order valence-corrected chi connectivity index (χ3v) is 3.04. The van der Waals surface area contributed by atoms with Crippen LogP contribution in [0.1, 0.15) is 5.82 Å². The molecule has 3 N–H and O–H groups in total. The molecule has 0 radical (unpaired) electrons. The minimum Gasteiger partial charge on any atom is -0.397 e. The van der Waals surface area contributed by atoms with Crippen molar-refractivity contribution in [3.8, 4) is 0 Å². The molecule has 0 saturated carbocycles. The van der Waals surface area contributed by atoms with Crippen molar-refractivity contribution in [1.29, 1.82) is 0 Å². The summed E-state index contributed by atoms with van der Waals surface area (Å²) < 4.78 is 1.88. The van der Waals surface area contributed by atoms with Crippen LogP contribution in [-0.2, 0) is 13.6 Å². The third-order valence-electron chi connectivity index (χ3n) is 3.04. The molecule has 0 saturated heterocycles. The molecule has 0 bridgehead atoms. The number of rotatable bonds is 3. The van der Waals surface area contributed by atoms with Crippen molar-refractivity contribution in [1.82, 2.24) is 19.7 Å². The normalized spacial score (nSPS) is 10.8. The number of aryl methyl sites for hydroxylation is 1. The van der Waals surface area contributed by atoms with Crippen LogP contribution in [0.4, 0.5) is 11.4 Å². The Morgan fingerprint density at radius 1 is 1.32 bits per heavy atom. The van der Waals surface area contributed by atoms with E-state index in [1.165, 1.54) is 0 Å². The molecule has 0 aliphatic heterocycles. The summed E-state index contributed by atoms with van der Waals surface area (Å²) in [6, 6.07) is 7.70. The van der Waals surface area contributed by atoms with Gasteiger partial charge >= 0.3 is 0 Å². The summed E-state index contributed by atoms with van der Waals surface area (Å²) in [5, 5.41) is 12.2. The minimum absolute atomic E-state index is 0.602. The number of nitrogens with zero attached hydrogens (tertiary/aromatic N) is 4. The van der Waals surface area contributed by atoms with Gasteiger partial charge in [0.1, 0.15) is 6.33 Å². The molecule has 6 heteroatoms. The van der Waals surface area contributed by atoms with Crippen LogP contribution in [0.25, 0.3) is 10.9 Å². The number of nitrogens with two attached hydrogens (primary N) is 1. The largest absolute Gasteiger partial charge is 0.397 e. The van der Waals surface area contributed by atoms with Gasteiger partial charge in [-0.3, -0.25) is 4.98 Å². The number of pyridine rings is 1. The molecule has 3 rings (SSSR count). The zero-order valence-electron chi connectivity index (χ0n) is 10.5. The molecule has 0 atom stereocenters. The minimum atomic E-state index is 0.602. The summed E-state index contributed by atoms with van der Waals surface area (Å²) in [5.41, 5.74) is 8.40. The van der Waals surface area contributed by atoms with Gasteiger partial charge in [-0.15, -0.1) is 10.2 Å². The van der Waals surface area contributed by atoms with Gasteiger partial charge in [0.05, 0.1) is 17.7 Å². The third kappa shape index (κ3) is 2.08. The quantitative estimate of drug-likeness (QED) is 0.693. The molecule has 1 aromatic carbocycles. The monoisotopic (exact) mass is 254 g/mol. The van der Waals surface area contributed by atoms with Crippen molar-refractivity contribution >= 4 is 22.3 Å². The number of hydrogen-bond acceptors (Lipinski definition) is 5. The highest BCUT2D eigenvalue weighted by Crippen LogP contribution is 2.25. The zero-order valence-corrected chi connectivity index (χ0v) is 10.5. The molecule has 0 amide bonds. The molecule has 19 heavy (non-hydrogen) atoms. The number of fused-ring (bicyclic) bond motifs is 1. The smallest absolute Gasteiger partial charge is 0.151 e. The van der Waals surface area contributed by atoms with E-state index >= 15 is 0 Å². The van der Waals surface area contributed by atoms with Crippen molar-refractivity contribution < 1.29 is 0 Å². The number of nitrogens with one attached hydrogen (secondary N) is 1. The number of benzene rings is 1. The lowest BCUT2D eigenvalue weighted by Gasteiger charge is -2.09. The van der Waals surface area contributed by atoms with Crippen LogP contribution >= 0.6 is 0 Å². The first-order valence-corrected chi connectivity index (χ1v) is 5.95. The highest BCUT2D eigenvalue weighted by molar-refractivity contribution is 5.97. The molecule has 0 aliphatic carbocycles. The summed E-state index contributed by atoms with van der Waals surface area (Å²) in [6.45, 7) is 0.602. The average Bonchev–Trinajstić information content (AvgIpc) is 2.82. The summed E-state index contributed by atoms with van der Waals surface area (Å²) in [6.07, 6.45) is 3.43. The second kappa shape index (κ2) is 4.56. The Balaban J connectivity index is 1.93. The average molecular weight is 254 g/mol. The van der Waals surface area contributed by atoms with Crippen LogP contribution in [0.15, 0.2) is 36.8 Å². The standard InChI is InChI=1S/C13H14N6/c1-19-8-17-18-12(19)7-16-11-5-6-15-13-9(11)3-2-4-10(13)14/h2-6,8H,7,14H2,1H3,(H,15,16). The number of anilines is 2. The van der Waals surface area contributed by atoms with Crippen LogP contribution in [0.3, 0.4) is 0 Å². The Kier molecular flexibility index (Phi) is 2.75. The lowest BCUT2D eigenvalue weighted by atomic mass is 10.1. The van der Waals surface area contributed by atoms with Crippen molar-refractivity contribution in [3.05, 3.63) is 42.6 Å². The Morgan fingerprint density at radius 3 is 3.00 bits per heavy atom. The van der Waals surface area contributed by atoms with Gasteiger partial charge in [0.2, 0.25) is 0 Å². The van der Waals surface area contributed by atoms with E-state index in [4.69, 9.17) is 5.73 Å². The highest BCUT2D eigenvalue weighted by Gasteiger charge is 2.05. The molecule has 3 aromatic rings. The van der Waals surface area contributed by atoms with Crippen molar-refractivity contribution in [2.24, 2.45) is 7.05 Å².